The molecule has 27 heavy (non-hydrogen) atoms. The van der Waals surface area contributed by atoms with Gasteiger partial charge in [0, 0.05) is 6.42 Å². The van der Waals surface area contributed by atoms with Crippen LogP contribution in [0.15, 0.2) is 36.4 Å². The minimum atomic E-state index is -0.714. The molecule has 0 aliphatic rings. The minimum Gasteiger partial charge on any atom is -0.490 e. The summed E-state index contributed by atoms with van der Waals surface area (Å²) >= 11 is 11.3. The molecule has 2 atom stereocenters. The first-order chi connectivity index (χ1) is 13.0. The lowest BCUT2D eigenvalue weighted by Crippen LogP contribution is -2.20. The van der Waals surface area contributed by atoms with Gasteiger partial charge < -0.3 is 19.7 Å². The van der Waals surface area contributed by atoms with E-state index in [1.807, 2.05) is 50.2 Å². The second-order valence-electron chi connectivity index (χ2n) is 6.54. The summed E-state index contributed by atoms with van der Waals surface area (Å²) in [6.07, 6.45) is -0.829. The molecule has 6 heteroatoms. The summed E-state index contributed by atoms with van der Waals surface area (Å²) in [4.78, 5) is 0. The van der Waals surface area contributed by atoms with E-state index in [4.69, 9.17) is 32.7 Å². The van der Waals surface area contributed by atoms with E-state index in [0.717, 1.165) is 33.8 Å². The summed E-state index contributed by atoms with van der Waals surface area (Å²) in [7, 11) is 0. The standard InChI is InChI=1S/C21H26Cl2O4/c1-14-5-3-7-16(20(14)26-12-18(24)10-22)9-17-8-4-6-15(2)21(17)27-13-19(25)11-23/h3-8,18-19,24-25H,9-13H2,1-2H3. The Kier molecular flexibility index (Phi) is 8.71. The number of aliphatic hydroxyl groups excluding tert-OH is 2. The highest BCUT2D eigenvalue weighted by atomic mass is 35.5. The van der Waals surface area contributed by atoms with Crippen molar-refractivity contribution in [3.8, 4) is 11.5 Å². The normalized spacial score (nSPS) is 13.3. The lowest BCUT2D eigenvalue weighted by atomic mass is 9.99. The van der Waals surface area contributed by atoms with Gasteiger partial charge >= 0.3 is 0 Å². The van der Waals surface area contributed by atoms with Crippen LogP contribution in [0.1, 0.15) is 22.3 Å². The van der Waals surface area contributed by atoms with Crippen LogP contribution in [0, 0.1) is 13.8 Å². The highest BCUT2D eigenvalue weighted by Crippen LogP contribution is 2.31. The van der Waals surface area contributed by atoms with Gasteiger partial charge in [-0.25, -0.2) is 0 Å². The lowest BCUT2D eigenvalue weighted by molar-refractivity contribution is 0.123. The molecular formula is C21H26Cl2O4. The molecule has 0 aliphatic carbocycles. The molecule has 2 aromatic carbocycles. The molecule has 0 fully saturated rings. The summed E-state index contributed by atoms with van der Waals surface area (Å²) < 4.78 is 11.7. The van der Waals surface area contributed by atoms with Gasteiger partial charge in [0.05, 0.1) is 11.8 Å². The van der Waals surface area contributed by atoms with Crippen LogP contribution in [-0.4, -0.2) is 47.4 Å². The SMILES string of the molecule is Cc1cccc(Cc2cccc(C)c2OCC(O)CCl)c1OCC(O)CCl. The first-order valence-corrected chi connectivity index (χ1v) is 9.93. The molecule has 2 unspecified atom stereocenters. The molecule has 2 N–H and O–H groups in total. The third kappa shape index (κ3) is 6.28. The number of alkyl halides is 2. The average molecular weight is 413 g/mol. The van der Waals surface area contributed by atoms with Gasteiger partial charge in [-0.1, -0.05) is 36.4 Å². The molecule has 0 aliphatic heterocycles. The fourth-order valence-corrected chi connectivity index (χ4v) is 2.95. The van der Waals surface area contributed by atoms with E-state index in [2.05, 4.69) is 0 Å². The summed E-state index contributed by atoms with van der Waals surface area (Å²) in [5.41, 5.74) is 3.96. The van der Waals surface area contributed by atoms with Crippen molar-refractivity contribution in [2.45, 2.75) is 32.5 Å². The zero-order valence-corrected chi connectivity index (χ0v) is 17.1. The molecule has 0 radical (unpaired) electrons. The van der Waals surface area contributed by atoms with Gasteiger partial charge in [0.1, 0.15) is 36.9 Å². The molecule has 4 nitrogen and oxygen atoms in total. The monoisotopic (exact) mass is 412 g/mol. The van der Waals surface area contributed by atoms with Gasteiger partial charge in [0.25, 0.3) is 0 Å². The highest BCUT2D eigenvalue weighted by Gasteiger charge is 2.15. The maximum Gasteiger partial charge on any atom is 0.125 e. The highest BCUT2D eigenvalue weighted by molar-refractivity contribution is 6.18. The first-order valence-electron chi connectivity index (χ1n) is 8.86. The van der Waals surface area contributed by atoms with Crippen LogP contribution >= 0.6 is 23.2 Å². The average Bonchev–Trinajstić information content (AvgIpc) is 2.66. The number of benzene rings is 2. The molecule has 2 rings (SSSR count). The number of hydrogen-bond donors (Lipinski definition) is 2. The van der Waals surface area contributed by atoms with Crippen LogP contribution in [-0.2, 0) is 6.42 Å². The van der Waals surface area contributed by atoms with Crippen LogP contribution < -0.4 is 9.47 Å². The molecule has 0 bridgehead atoms. The van der Waals surface area contributed by atoms with Crippen molar-refractivity contribution < 1.29 is 19.7 Å². The van der Waals surface area contributed by atoms with Crippen molar-refractivity contribution in [3.63, 3.8) is 0 Å². The van der Waals surface area contributed by atoms with Crippen LogP contribution in [0.5, 0.6) is 11.5 Å². The van der Waals surface area contributed by atoms with Crippen molar-refractivity contribution in [1.82, 2.24) is 0 Å². The maximum atomic E-state index is 9.71. The first kappa shape index (κ1) is 21.8. The fourth-order valence-electron chi connectivity index (χ4n) is 2.77. The maximum absolute atomic E-state index is 9.71. The zero-order chi connectivity index (χ0) is 19.8. The Labute approximate surface area is 170 Å². The molecule has 0 saturated heterocycles. The van der Waals surface area contributed by atoms with E-state index in [1.165, 1.54) is 0 Å². The summed E-state index contributed by atoms with van der Waals surface area (Å²) in [5, 5.41) is 19.4. The van der Waals surface area contributed by atoms with E-state index >= 15 is 0 Å². The van der Waals surface area contributed by atoms with E-state index in [9.17, 15) is 10.2 Å². The lowest BCUT2D eigenvalue weighted by Gasteiger charge is -2.19. The van der Waals surface area contributed by atoms with Crippen molar-refractivity contribution in [3.05, 3.63) is 58.7 Å². The molecular weight excluding hydrogens is 387 g/mol. The third-order valence-corrected chi connectivity index (χ3v) is 4.88. The third-order valence-electron chi connectivity index (χ3n) is 4.16. The fraction of sp³-hybridized carbons (Fsp3) is 0.429. The van der Waals surface area contributed by atoms with Gasteiger partial charge in [0.15, 0.2) is 0 Å². The van der Waals surface area contributed by atoms with Gasteiger partial charge in [-0.2, -0.15) is 0 Å². The number of rotatable bonds is 10. The number of aliphatic hydroxyl groups is 2. The molecule has 0 aromatic heterocycles. The Morgan fingerprint density at radius 3 is 1.56 bits per heavy atom. The van der Waals surface area contributed by atoms with E-state index < -0.39 is 12.2 Å². The van der Waals surface area contributed by atoms with Gasteiger partial charge in [-0.15, -0.1) is 23.2 Å². The number of ether oxygens (including phenoxy) is 2. The molecule has 148 valence electrons. The number of aryl methyl sites for hydroxylation is 2. The summed E-state index contributed by atoms with van der Waals surface area (Å²) in [6, 6.07) is 11.9. The van der Waals surface area contributed by atoms with Crippen molar-refractivity contribution in [2.24, 2.45) is 0 Å². The molecule has 0 amide bonds. The van der Waals surface area contributed by atoms with E-state index in [1.54, 1.807) is 0 Å². The van der Waals surface area contributed by atoms with Crippen LogP contribution in [0.25, 0.3) is 0 Å². The number of hydrogen-bond acceptors (Lipinski definition) is 4. The van der Waals surface area contributed by atoms with Crippen molar-refractivity contribution in [1.29, 1.82) is 0 Å². The molecule has 0 heterocycles. The van der Waals surface area contributed by atoms with Crippen LogP contribution in [0.4, 0.5) is 0 Å². The van der Waals surface area contributed by atoms with Crippen molar-refractivity contribution in [2.75, 3.05) is 25.0 Å². The molecule has 0 spiro atoms. The minimum absolute atomic E-state index is 0.125. The van der Waals surface area contributed by atoms with E-state index in [0.29, 0.717) is 6.42 Å². The second kappa shape index (κ2) is 10.8. The second-order valence-corrected chi connectivity index (χ2v) is 7.16. The summed E-state index contributed by atoms with van der Waals surface area (Å²) in [5.74, 6) is 1.74. The summed E-state index contributed by atoms with van der Waals surface area (Å²) in [6.45, 7) is 4.22. The van der Waals surface area contributed by atoms with Crippen LogP contribution in [0.2, 0.25) is 0 Å². The topological polar surface area (TPSA) is 58.9 Å². The van der Waals surface area contributed by atoms with E-state index in [-0.39, 0.29) is 25.0 Å². The van der Waals surface area contributed by atoms with Gasteiger partial charge in [0.2, 0.25) is 0 Å². The van der Waals surface area contributed by atoms with Crippen LogP contribution in [0.3, 0.4) is 0 Å². The quantitative estimate of drug-likeness (QED) is 0.581. The molecule has 2 aromatic rings. The Morgan fingerprint density at radius 1 is 0.778 bits per heavy atom. The Balaban J connectivity index is 2.26. The largest absolute Gasteiger partial charge is 0.490 e. The Hall–Kier alpha value is -1.46. The van der Waals surface area contributed by atoms with Gasteiger partial charge in [-0.3, -0.25) is 0 Å². The van der Waals surface area contributed by atoms with Gasteiger partial charge in [-0.05, 0) is 36.1 Å². The predicted octanol–water partition coefficient (Wildman–Crippen LogP) is 3.85. The number of para-hydroxylation sites is 2. The Morgan fingerprint density at radius 2 is 1.19 bits per heavy atom. The number of halogens is 2. The smallest absolute Gasteiger partial charge is 0.125 e. The predicted molar refractivity (Wildman–Crippen MR) is 110 cm³/mol. The zero-order valence-electron chi connectivity index (χ0n) is 15.6. The van der Waals surface area contributed by atoms with Crippen molar-refractivity contribution >= 4 is 23.2 Å². The molecule has 0 saturated carbocycles. The Bertz CT molecular complexity index is 675.